The van der Waals surface area contributed by atoms with E-state index >= 15 is 0 Å². The zero-order valence-electron chi connectivity index (χ0n) is 7.09. The minimum Gasteiger partial charge on any atom is -0.304 e. The Balaban J connectivity index is 3.53. The first-order chi connectivity index (χ1) is 5.24. The number of hydrogen-bond acceptors (Lipinski definition) is 3. The lowest BCUT2D eigenvalue weighted by Crippen LogP contribution is -2.29. The summed E-state index contributed by atoms with van der Waals surface area (Å²) in [6.45, 7) is 3.75. The number of nitrogens with zero attached hydrogens (tertiary/aromatic N) is 2. The molecule has 1 atom stereocenters. The van der Waals surface area contributed by atoms with Gasteiger partial charge >= 0.3 is 0 Å². The Morgan fingerprint density at radius 2 is 2.27 bits per heavy atom. The molecule has 0 aliphatic heterocycles. The Hall–Kier alpha value is -0.150. The summed E-state index contributed by atoms with van der Waals surface area (Å²) < 4.78 is 0. The lowest BCUT2D eigenvalue weighted by atomic mass is 10.3. The van der Waals surface area contributed by atoms with Gasteiger partial charge in [0.05, 0.1) is 0 Å². The Morgan fingerprint density at radius 3 is 2.64 bits per heavy atom. The minimum atomic E-state index is -0.256. The smallest absolute Gasteiger partial charge is 0.118 e. The molecule has 0 aromatic carbocycles. The zero-order valence-corrected chi connectivity index (χ0v) is 7.84. The molecule has 11 heavy (non-hydrogen) atoms. The fourth-order valence-corrected chi connectivity index (χ4v) is 1.10. The van der Waals surface area contributed by atoms with Gasteiger partial charge in [-0.2, -0.15) is 4.91 Å². The van der Waals surface area contributed by atoms with E-state index in [1.54, 1.807) is 0 Å². The summed E-state index contributed by atoms with van der Waals surface area (Å²) in [5.41, 5.74) is 0. The summed E-state index contributed by atoms with van der Waals surface area (Å²) in [4.78, 5) is 12.2. The molecular formula is C7H15ClN2O. The van der Waals surface area contributed by atoms with Gasteiger partial charge in [-0.1, -0.05) is 12.1 Å². The van der Waals surface area contributed by atoms with E-state index in [0.717, 1.165) is 13.0 Å². The van der Waals surface area contributed by atoms with Crippen LogP contribution in [0.3, 0.4) is 0 Å². The van der Waals surface area contributed by atoms with E-state index in [9.17, 15) is 4.91 Å². The average Bonchev–Trinajstić information content (AvgIpc) is 2.01. The van der Waals surface area contributed by atoms with Gasteiger partial charge < -0.3 is 4.90 Å². The van der Waals surface area contributed by atoms with E-state index in [1.807, 2.05) is 7.05 Å². The third-order valence-corrected chi connectivity index (χ3v) is 1.81. The predicted molar refractivity (Wildman–Crippen MR) is 48.1 cm³/mol. The van der Waals surface area contributed by atoms with Crippen LogP contribution in [0, 0.1) is 4.91 Å². The second kappa shape index (κ2) is 6.55. The molecule has 0 bridgehead atoms. The van der Waals surface area contributed by atoms with Crippen molar-refractivity contribution < 1.29 is 0 Å². The Kier molecular flexibility index (Phi) is 6.46. The van der Waals surface area contributed by atoms with Crippen LogP contribution >= 0.6 is 11.6 Å². The molecule has 0 spiro atoms. The van der Waals surface area contributed by atoms with Gasteiger partial charge in [0, 0.05) is 12.4 Å². The van der Waals surface area contributed by atoms with Crippen molar-refractivity contribution >= 4 is 11.6 Å². The topological polar surface area (TPSA) is 32.7 Å². The highest BCUT2D eigenvalue weighted by atomic mass is 35.5. The number of alkyl halides is 1. The molecule has 0 saturated carbocycles. The van der Waals surface area contributed by atoms with Crippen molar-refractivity contribution in [2.75, 3.05) is 26.0 Å². The van der Waals surface area contributed by atoms with Crippen molar-refractivity contribution in [2.45, 2.75) is 19.4 Å². The van der Waals surface area contributed by atoms with Crippen LogP contribution in [0.15, 0.2) is 5.18 Å². The molecule has 0 amide bonds. The van der Waals surface area contributed by atoms with Gasteiger partial charge in [-0.15, -0.1) is 11.6 Å². The van der Waals surface area contributed by atoms with Crippen LogP contribution < -0.4 is 0 Å². The second-order valence-corrected chi connectivity index (χ2v) is 2.98. The zero-order chi connectivity index (χ0) is 8.69. The van der Waals surface area contributed by atoms with Crippen molar-refractivity contribution in [2.24, 2.45) is 5.18 Å². The van der Waals surface area contributed by atoms with Gasteiger partial charge in [0.1, 0.15) is 6.04 Å². The standard InChI is InChI=1S/C7H15ClN2O/c1-3-4-10(2)6-7(5-8)9-11/h7H,3-6H2,1-2H3. The average molecular weight is 179 g/mol. The first kappa shape index (κ1) is 10.8. The first-order valence-electron chi connectivity index (χ1n) is 3.81. The molecule has 4 heteroatoms. The molecule has 0 N–H and O–H groups in total. The predicted octanol–water partition coefficient (Wildman–Crippen LogP) is 1.70. The molecule has 1 unspecified atom stereocenters. The van der Waals surface area contributed by atoms with Gasteiger partial charge in [-0.3, -0.25) is 0 Å². The van der Waals surface area contributed by atoms with E-state index < -0.39 is 0 Å². The molecule has 66 valence electrons. The van der Waals surface area contributed by atoms with E-state index in [4.69, 9.17) is 11.6 Å². The molecule has 0 saturated heterocycles. The molecule has 0 rings (SSSR count). The molecule has 0 fully saturated rings. The summed E-state index contributed by atoms with van der Waals surface area (Å²) in [5.74, 6) is 0.317. The molecule has 0 heterocycles. The van der Waals surface area contributed by atoms with Crippen molar-refractivity contribution in [3.63, 3.8) is 0 Å². The molecule has 0 aromatic heterocycles. The summed E-state index contributed by atoms with van der Waals surface area (Å²) in [5, 5.41) is 2.91. The van der Waals surface area contributed by atoms with Crippen LogP contribution in [-0.4, -0.2) is 37.0 Å². The molecule has 0 aliphatic carbocycles. The molecule has 0 aromatic rings. The number of nitroso groups, excluding NO2 is 1. The normalized spacial score (nSPS) is 13.5. The maximum Gasteiger partial charge on any atom is 0.118 e. The van der Waals surface area contributed by atoms with Crippen molar-refractivity contribution in [1.82, 2.24) is 4.90 Å². The fourth-order valence-electron chi connectivity index (χ4n) is 0.943. The second-order valence-electron chi connectivity index (χ2n) is 2.68. The highest BCUT2D eigenvalue weighted by Crippen LogP contribution is 1.97. The summed E-state index contributed by atoms with van der Waals surface area (Å²) in [6.07, 6.45) is 1.09. The van der Waals surface area contributed by atoms with Gasteiger partial charge in [0.2, 0.25) is 0 Å². The van der Waals surface area contributed by atoms with Crippen LogP contribution in [0.2, 0.25) is 0 Å². The Bertz CT molecular complexity index is 111. The number of halogens is 1. The molecular weight excluding hydrogens is 164 g/mol. The number of hydrogen-bond donors (Lipinski definition) is 0. The van der Waals surface area contributed by atoms with E-state index in [0.29, 0.717) is 12.4 Å². The Morgan fingerprint density at radius 1 is 1.64 bits per heavy atom. The number of likely N-dealkylation sites (N-methyl/N-ethyl adjacent to an activating group) is 1. The van der Waals surface area contributed by atoms with Gasteiger partial charge in [-0.05, 0) is 20.0 Å². The summed E-state index contributed by atoms with van der Waals surface area (Å²) in [7, 11) is 1.97. The van der Waals surface area contributed by atoms with E-state index in [-0.39, 0.29) is 6.04 Å². The summed E-state index contributed by atoms with van der Waals surface area (Å²) in [6, 6.07) is -0.256. The van der Waals surface area contributed by atoms with Crippen molar-refractivity contribution in [1.29, 1.82) is 0 Å². The number of rotatable bonds is 6. The Labute approximate surface area is 72.7 Å². The highest BCUT2D eigenvalue weighted by Gasteiger charge is 2.08. The molecule has 0 aliphatic rings. The van der Waals surface area contributed by atoms with Crippen molar-refractivity contribution in [3.05, 3.63) is 4.91 Å². The van der Waals surface area contributed by atoms with Crippen LogP contribution in [-0.2, 0) is 0 Å². The fraction of sp³-hybridized carbons (Fsp3) is 1.00. The minimum absolute atomic E-state index is 0.256. The first-order valence-corrected chi connectivity index (χ1v) is 4.35. The van der Waals surface area contributed by atoms with Crippen LogP contribution in [0.4, 0.5) is 0 Å². The van der Waals surface area contributed by atoms with Gasteiger partial charge in [-0.25, -0.2) is 0 Å². The van der Waals surface area contributed by atoms with Crippen molar-refractivity contribution in [3.8, 4) is 0 Å². The maximum atomic E-state index is 10.1. The lowest BCUT2D eigenvalue weighted by Gasteiger charge is -2.16. The summed E-state index contributed by atoms with van der Waals surface area (Å²) >= 11 is 5.49. The van der Waals surface area contributed by atoms with Crippen LogP contribution in [0.25, 0.3) is 0 Å². The van der Waals surface area contributed by atoms with E-state index in [1.165, 1.54) is 0 Å². The van der Waals surface area contributed by atoms with Crippen LogP contribution in [0.5, 0.6) is 0 Å². The van der Waals surface area contributed by atoms with E-state index in [2.05, 4.69) is 17.0 Å². The monoisotopic (exact) mass is 178 g/mol. The maximum absolute atomic E-state index is 10.1. The van der Waals surface area contributed by atoms with Crippen LogP contribution in [0.1, 0.15) is 13.3 Å². The quantitative estimate of drug-likeness (QED) is 0.458. The lowest BCUT2D eigenvalue weighted by molar-refractivity contribution is 0.319. The molecule has 0 radical (unpaired) electrons. The molecule has 3 nitrogen and oxygen atoms in total. The van der Waals surface area contributed by atoms with Gasteiger partial charge in [0.15, 0.2) is 0 Å². The highest BCUT2D eigenvalue weighted by molar-refractivity contribution is 6.18. The third kappa shape index (κ3) is 5.16. The van der Waals surface area contributed by atoms with Gasteiger partial charge in [0.25, 0.3) is 0 Å². The third-order valence-electron chi connectivity index (χ3n) is 1.45. The SMILES string of the molecule is CCCN(C)CC(CCl)N=O. The largest absolute Gasteiger partial charge is 0.304 e.